The quantitative estimate of drug-likeness (QED) is 0.600. The number of nitrogens with zero attached hydrogens (tertiary/aromatic N) is 1. The zero-order valence-electron chi connectivity index (χ0n) is 10.5. The Morgan fingerprint density at radius 3 is 2.14 bits per heavy atom. The van der Waals surface area contributed by atoms with Gasteiger partial charge in [0, 0.05) is 31.7 Å². The predicted octanol–water partition coefficient (Wildman–Crippen LogP) is 0.916. The lowest BCUT2D eigenvalue weighted by atomic mass is 10.1. The minimum absolute atomic E-state index is 0.239. The fraction of sp³-hybridized carbons (Fsp3) is 1.00. The second-order valence-electron chi connectivity index (χ2n) is 4.83. The number of hydrogen-bond acceptors (Lipinski definition) is 3. The third-order valence-corrected chi connectivity index (χ3v) is 2.07. The van der Waals surface area contributed by atoms with Gasteiger partial charge in [-0.2, -0.15) is 0 Å². The first-order chi connectivity index (χ1) is 6.45. The summed E-state index contributed by atoms with van der Waals surface area (Å²) in [6, 6.07) is 0. The Hall–Kier alpha value is -0.120. The molecule has 0 aromatic rings. The fourth-order valence-corrected chi connectivity index (χ4v) is 1.18. The zero-order chi connectivity index (χ0) is 11.0. The molecule has 0 saturated heterocycles. The molecule has 2 N–H and O–H groups in total. The van der Waals surface area contributed by atoms with Crippen molar-refractivity contribution in [3.05, 3.63) is 0 Å². The van der Waals surface area contributed by atoms with Crippen molar-refractivity contribution in [2.75, 3.05) is 39.8 Å². The zero-order valence-corrected chi connectivity index (χ0v) is 10.5. The molecule has 0 spiro atoms. The first-order valence-electron chi connectivity index (χ1n) is 5.60. The van der Waals surface area contributed by atoms with Crippen molar-refractivity contribution in [2.45, 2.75) is 33.2 Å². The number of likely N-dealkylation sites (N-methyl/N-ethyl adjacent to an activating group) is 2. The molecule has 0 radical (unpaired) electrons. The third-order valence-electron chi connectivity index (χ3n) is 2.07. The summed E-state index contributed by atoms with van der Waals surface area (Å²) in [5, 5.41) is 6.80. The average molecular weight is 201 g/mol. The highest BCUT2D eigenvalue weighted by atomic mass is 15.1. The highest BCUT2D eigenvalue weighted by Crippen LogP contribution is 1.96. The lowest BCUT2D eigenvalue weighted by molar-refractivity contribution is 0.309. The summed E-state index contributed by atoms with van der Waals surface area (Å²) in [5.41, 5.74) is 0.239. The van der Waals surface area contributed by atoms with Crippen LogP contribution in [-0.2, 0) is 0 Å². The van der Waals surface area contributed by atoms with Gasteiger partial charge in [-0.3, -0.25) is 0 Å². The molecule has 0 aromatic heterocycles. The van der Waals surface area contributed by atoms with Crippen LogP contribution in [0.4, 0.5) is 0 Å². The van der Waals surface area contributed by atoms with E-state index >= 15 is 0 Å². The van der Waals surface area contributed by atoms with Gasteiger partial charge in [-0.1, -0.05) is 6.92 Å². The SMILES string of the molecule is CCNCCN(C)CCNC(C)(C)C. The van der Waals surface area contributed by atoms with Crippen LogP contribution in [0.5, 0.6) is 0 Å². The largest absolute Gasteiger partial charge is 0.316 e. The Kier molecular flexibility index (Phi) is 7.15. The van der Waals surface area contributed by atoms with Gasteiger partial charge in [-0.15, -0.1) is 0 Å². The van der Waals surface area contributed by atoms with Gasteiger partial charge in [0.25, 0.3) is 0 Å². The molecule has 0 aliphatic heterocycles. The van der Waals surface area contributed by atoms with Crippen molar-refractivity contribution in [1.82, 2.24) is 15.5 Å². The summed E-state index contributed by atoms with van der Waals surface area (Å²) in [4.78, 5) is 2.35. The van der Waals surface area contributed by atoms with E-state index in [2.05, 4.69) is 50.3 Å². The maximum atomic E-state index is 3.48. The van der Waals surface area contributed by atoms with E-state index in [4.69, 9.17) is 0 Å². The smallest absolute Gasteiger partial charge is 0.0105 e. The van der Waals surface area contributed by atoms with Crippen LogP contribution in [0.25, 0.3) is 0 Å². The monoisotopic (exact) mass is 201 g/mol. The molecule has 86 valence electrons. The molecular formula is C11H27N3. The summed E-state index contributed by atoms with van der Waals surface area (Å²) >= 11 is 0. The van der Waals surface area contributed by atoms with Crippen molar-refractivity contribution in [2.24, 2.45) is 0 Å². The van der Waals surface area contributed by atoms with Gasteiger partial charge in [-0.25, -0.2) is 0 Å². The Balaban J connectivity index is 3.31. The van der Waals surface area contributed by atoms with Crippen LogP contribution >= 0.6 is 0 Å². The molecule has 0 atom stereocenters. The van der Waals surface area contributed by atoms with Crippen LogP contribution in [0, 0.1) is 0 Å². The molecule has 0 saturated carbocycles. The molecule has 0 heterocycles. The van der Waals surface area contributed by atoms with E-state index in [1.807, 2.05) is 0 Å². The third kappa shape index (κ3) is 9.96. The minimum Gasteiger partial charge on any atom is -0.316 e. The molecule has 0 aliphatic carbocycles. The molecule has 0 aliphatic rings. The van der Waals surface area contributed by atoms with Crippen LogP contribution in [0.15, 0.2) is 0 Å². The first kappa shape index (κ1) is 13.9. The molecule has 3 heteroatoms. The molecule has 3 nitrogen and oxygen atoms in total. The normalized spacial score (nSPS) is 12.4. The van der Waals surface area contributed by atoms with Gasteiger partial charge in [0.15, 0.2) is 0 Å². The molecule has 0 rings (SSSR count). The standard InChI is InChI=1S/C11H27N3/c1-6-12-7-9-14(5)10-8-13-11(2,3)4/h12-13H,6-10H2,1-5H3. The van der Waals surface area contributed by atoms with Crippen LogP contribution < -0.4 is 10.6 Å². The Morgan fingerprint density at radius 2 is 1.64 bits per heavy atom. The highest BCUT2D eigenvalue weighted by molar-refractivity contribution is 4.70. The van der Waals surface area contributed by atoms with Gasteiger partial charge >= 0.3 is 0 Å². The van der Waals surface area contributed by atoms with Gasteiger partial charge in [0.05, 0.1) is 0 Å². The molecule has 14 heavy (non-hydrogen) atoms. The average Bonchev–Trinajstić information content (AvgIpc) is 2.02. The van der Waals surface area contributed by atoms with Gasteiger partial charge < -0.3 is 15.5 Å². The van der Waals surface area contributed by atoms with Gasteiger partial charge in [0.2, 0.25) is 0 Å². The lowest BCUT2D eigenvalue weighted by Gasteiger charge is -2.23. The van der Waals surface area contributed by atoms with Crippen molar-refractivity contribution in [3.8, 4) is 0 Å². The minimum atomic E-state index is 0.239. The fourth-order valence-electron chi connectivity index (χ4n) is 1.18. The molecule has 0 aromatic carbocycles. The second kappa shape index (κ2) is 7.21. The molecule has 0 unspecified atom stereocenters. The predicted molar refractivity (Wildman–Crippen MR) is 63.8 cm³/mol. The van der Waals surface area contributed by atoms with Crippen molar-refractivity contribution >= 4 is 0 Å². The molecular weight excluding hydrogens is 174 g/mol. The molecule has 0 fully saturated rings. The highest BCUT2D eigenvalue weighted by Gasteiger charge is 2.07. The van der Waals surface area contributed by atoms with E-state index in [9.17, 15) is 0 Å². The van der Waals surface area contributed by atoms with Crippen LogP contribution in [0.2, 0.25) is 0 Å². The van der Waals surface area contributed by atoms with E-state index in [-0.39, 0.29) is 5.54 Å². The maximum absolute atomic E-state index is 3.48. The lowest BCUT2D eigenvalue weighted by Crippen LogP contribution is -2.41. The van der Waals surface area contributed by atoms with Crippen LogP contribution in [0.1, 0.15) is 27.7 Å². The van der Waals surface area contributed by atoms with E-state index in [0.717, 1.165) is 32.7 Å². The van der Waals surface area contributed by atoms with Crippen LogP contribution in [0.3, 0.4) is 0 Å². The summed E-state index contributed by atoms with van der Waals surface area (Å²) in [5.74, 6) is 0. The summed E-state index contributed by atoms with van der Waals surface area (Å²) < 4.78 is 0. The topological polar surface area (TPSA) is 27.3 Å². The van der Waals surface area contributed by atoms with Gasteiger partial charge in [-0.05, 0) is 34.4 Å². The van der Waals surface area contributed by atoms with Gasteiger partial charge in [0.1, 0.15) is 0 Å². The summed E-state index contributed by atoms with van der Waals surface area (Å²) in [6.45, 7) is 14.2. The second-order valence-corrected chi connectivity index (χ2v) is 4.83. The van der Waals surface area contributed by atoms with Crippen molar-refractivity contribution in [3.63, 3.8) is 0 Å². The Labute approximate surface area is 89.2 Å². The van der Waals surface area contributed by atoms with Crippen LogP contribution in [-0.4, -0.2) is 50.2 Å². The van der Waals surface area contributed by atoms with Crippen molar-refractivity contribution < 1.29 is 0 Å². The van der Waals surface area contributed by atoms with E-state index in [1.54, 1.807) is 0 Å². The number of hydrogen-bond donors (Lipinski definition) is 2. The molecule has 0 bridgehead atoms. The summed E-state index contributed by atoms with van der Waals surface area (Å²) in [7, 11) is 2.17. The first-order valence-corrected chi connectivity index (χ1v) is 5.60. The van der Waals surface area contributed by atoms with E-state index in [1.165, 1.54) is 0 Å². The number of rotatable bonds is 7. The Morgan fingerprint density at radius 1 is 1.07 bits per heavy atom. The van der Waals surface area contributed by atoms with E-state index in [0.29, 0.717) is 0 Å². The summed E-state index contributed by atoms with van der Waals surface area (Å²) in [6.07, 6.45) is 0. The molecule has 0 amide bonds. The van der Waals surface area contributed by atoms with Crippen molar-refractivity contribution in [1.29, 1.82) is 0 Å². The van der Waals surface area contributed by atoms with E-state index < -0.39 is 0 Å². The maximum Gasteiger partial charge on any atom is 0.0105 e. The number of nitrogens with one attached hydrogen (secondary N) is 2. The Bertz CT molecular complexity index is 129.